The van der Waals surface area contributed by atoms with E-state index in [0.29, 0.717) is 11.3 Å². The molecule has 7 nitrogen and oxygen atoms in total. The largest absolute Gasteiger partial charge is 0.491 e. The van der Waals surface area contributed by atoms with Crippen molar-refractivity contribution in [1.29, 1.82) is 0 Å². The number of nitro benzene ring substituents is 1. The molecule has 3 aromatic rings. The van der Waals surface area contributed by atoms with Crippen LogP contribution in [-0.2, 0) is 22.7 Å². The summed E-state index contributed by atoms with van der Waals surface area (Å²) in [6.45, 7) is 3.67. The summed E-state index contributed by atoms with van der Waals surface area (Å²) in [6, 6.07) is 17.9. The van der Waals surface area contributed by atoms with Crippen molar-refractivity contribution in [2.45, 2.75) is 33.0 Å². The average molecular weight is 394 g/mol. The molecule has 0 bridgehead atoms. The Morgan fingerprint density at radius 2 is 1.83 bits per heavy atom. The van der Waals surface area contributed by atoms with Crippen molar-refractivity contribution in [3.05, 3.63) is 81.9 Å². The number of hydrogen-bond acceptors (Lipinski definition) is 5. The number of non-ortho nitro benzene ring substituents is 1. The predicted octanol–water partition coefficient (Wildman–Crippen LogP) is 4.33. The molecule has 3 rings (SSSR count). The van der Waals surface area contributed by atoms with E-state index in [4.69, 9.17) is 9.57 Å². The molecular weight excluding hydrogens is 372 g/mol. The molecule has 0 aliphatic rings. The Balaban J connectivity index is 1.65. The predicted molar refractivity (Wildman–Crippen MR) is 109 cm³/mol. The number of carbonyl (C=O) groups is 1. The Labute approximate surface area is 168 Å². The first kappa shape index (κ1) is 20.3. The molecule has 1 amide bonds. The quantitative estimate of drug-likeness (QED) is 0.454. The normalized spacial score (nSPS) is 10.9. The van der Waals surface area contributed by atoms with Crippen molar-refractivity contribution in [1.82, 2.24) is 5.48 Å². The third-order valence-electron chi connectivity index (χ3n) is 4.26. The SMILES string of the molecule is CC(C)Oc1ccc([N+](=O)[O-])cc1CONC(=O)Cc1cccc2ccccc12. The maximum Gasteiger partial charge on any atom is 0.270 e. The Kier molecular flexibility index (Phi) is 6.41. The molecule has 0 saturated heterocycles. The monoisotopic (exact) mass is 394 g/mol. The molecule has 0 aliphatic carbocycles. The van der Waals surface area contributed by atoms with E-state index in [9.17, 15) is 14.9 Å². The minimum absolute atomic E-state index is 0.0506. The van der Waals surface area contributed by atoms with Gasteiger partial charge in [-0.15, -0.1) is 0 Å². The molecule has 0 aliphatic heterocycles. The van der Waals surface area contributed by atoms with Crippen LogP contribution in [0.3, 0.4) is 0 Å². The lowest BCUT2D eigenvalue weighted by Crippen LogP contribution is -2.25. The number of benzene rings is 3. The number of ether oxygens (including phenoxy) is 1. The van der Waals surface area contributed by atoms with Crippen LogP contribution in [0.1, 0.15) is 25.0 Å². The minimum Gasteiger partial charge on any atom is -0.491 e. The number of hydrogen-bond donors (Lipinski definition) is 1. The first-order chi connectivity index (χ1) is 13.9. The van der Waals surface area contributed by atoms with E-state index in [2.05, 4.69) is 5.48 Å². The third kappa shape index (κ3) is 5.30. The fraction of sp³-hybridized carbons (Fsp3) is 0.227. The van der Waals surface area contributed by atoms with Crippen LogP contribution in [0.15, 0.2) is 60.7 Å². The van der Waals surface area contributed by atoms with Gasteiger partial charge in [-0.25, -0.2) is 5.48 Å². The molecule has 29 heavy (non-hydrogen) atoms. The second-order valence-electron chi connectivity index (χ2n) is 6.84. The van der Waals surface area contributed by atoms with E-state index in [0.717, 1.165) is 16.3 Å². The number of fused-ring (bicyclic) bond motifs is 1. The van der Waals surface area contributed by atoms with Gasteiger partial charge in [-0.3, -0.25) is 19.7 Å². The number of rotatable bonds is 8. The summed E-state index contributed by atoms with van der Waals surface area (Å²) in [4.78, 5) is 28.2. The van der Waals surface area contributed by atoms with E-state index in [1.165, 1.54) is 18.2 Å². The number of hydroxylamine groups is 1. The maximum atomic E-state index is 12.3. The minimum atomic E-state index is -0.484. The molecule has 0 heterocycles. The highest BCUT2D eigenvalue weighted by Gasteiger charge is 2.14. The van der Waals surface area contributed by atoms with Crippen molar-refractivity contribution in [2.75, 3.05) is 0 Å². The first-order valence-electron chi connectivity index (χ1n) is 9.25. The average Bonchev–Trinajstić information content (AvgIpc) is 2.69. The number of nitrogens with one attached hydrogen (secondary N) is 1. The van der Waals surface area contributed by atoms with Gasteiger partial charge in [0.1, 0.15) is 12.4 Å². The lowest BCUT2D eigenvalue weighted by molar-refractivity contribution is -0.385. The van der Waals surface area contributed by atoms with Crippen molar-refractivity contribution >= 4 is 22.4 Å². The molecule has 0 spiro atoms. The number of nitrogens with zero attached hydrogens (tertiary/aromatic N) is 1. The van der Waals surface area contributed by atoms with Crippen molar-refractivity contribution in [3.63, 3.8) is 0 Å². The Bertz CT molecular complexity index is 1030. The van der Waals surface area contributed by atoms with Crippen molar-refractivity contribution < 1.29 is 19.3 Å². The highest BCUT2D eigenvalue weighted by atomic mass is 16.7. The molecule has 7 heteroatoms. The van der Waals surface area contributed by atoms with Gasteiger partial charge in [-0.05, 0) is 36.2 Å². The smallest absolute Gasteiger partial charge is 0.270 e. The van der Waals surface area contributed by atoms with Gasteiger partial charge in [-0.1, -0.05) is 42.5 Å². The standard InChI is InChI=1S/C22H22N2O5/c1-15(2)29-21-11-10-19(24(26)27)12-18(21)14-28-23-22(25)13-17-8-5-7-16-6-3-4-9-20(16)17/h3-12,15H,13-14H2,1-2H3,(H,23,25). The number of amides is 1. The molecule has 150 valence electrons. The Hall–Kier alpha value is -3.45. The molecule has 1 N–H and O–H groups in total. The lowest BCUT2D eigenvalue weighted by Gasteiger charge is -2.14. The maximum absolute atomic E-state index is 12.3. The molecule has 0 saturated carbocycles. The van der Waals surface area contributed by atoms with E-state index in [1.54, 1.807) is 0 Å². The summed E-state index contributed by atoms with van der Waals surface area (Å²) in [7, 11) is 0. The summed E-state index contributed by atoms with van der Waals surface area (Å²) in [5.41, 5.74) is 3.72. The van der Waals surface area contributed by atoms with Gasteiger partial charge in [0.15, 0.2) is 0 Å². The molecule has 0 unspecified atom stereocenters. The topological polar surface area (TPSA) is 90.7 Å². The Morgan fingerprint density at radius 1 is 1.07 bits per heavy atom. The lowest BCUT2D eigenvalue weighted by atomic mass is 10.0. The summed E-state index contributed by atoms with van der Waals surface area (Å²) in [5.74, 6) is 0.173. The summed E-state index contributed by atoms with van der Waals surface area (Å²) in [6.07, 6.45) is 0.0576. The summed E-state index contributed by atoms with van der Waals surface area (Å²) >= 11 is 0. The van der Waals surface area contributed by atoms with E-state index < -0.39 is 4.92 Å². The zero-order chi connectivity index (χ0) is 20.8. The molecule has 0 fully saturated rings. The van der Waals surface area contributed by atoms with Crippen LogP contribution >= 0.6 is 0 Å². The van der Waals surface area contributed by atoms with Crippen LogP contribution in [0.4, 0.5) is 5.69 Å². The molecular formula is C22H22N2O5. The van der Waals surface area contributed by atoms with Gasteiger partial charge in [0, 0.05) is 17.7 Å². The van der Waals surface area contributed by atoms with Gasteiger partial charge in [0.05, 0.1) is 17.4 Å². The zero-order valence-electron chi connectivity index (χ0n) is 16.3. The van der Waals surface area contributed by atoms with E-state index >= 15 is 0 Å². The van der Waals surface area contributed by atoms with Gasteiger partial charge >= 0.3 is 0 Å². The van der Waals surface area contributed by atoms with Crippen LogP contribution in [0.5, 0.6) is 5.75 Å². The van der Waals surface area contributed by atoms with Gasteiger partial charge < -0.3 is 4.74 Å². The first-order valence-corrected chi connectivity index (χ1v) is 9.25. The second-order valence-corrected chi connectivity index (χ2v) is 6.84. The molecule has 3 aromatic carbocycles. The van der Waals surface area contributed by atoms with Gasteiger partial charge in [-0.2, -0.15) is 0 Å². The van der Waals surface area contributed by atoms with Crippen LogP contribution in [0.2, 0.25) is 0 Å². The van der Waals surface area contributed by atoms with E-state index in [-0.39, 0.29) is 30.7 Å². The second kappa shape index (κ2) is 9.16. The van der Waals surface area contributed by atoms with Gasteiger partial charge in [0.25, 0.3) is 5.69 Å². The van der Waals surface area contributed by atoms with Crippen molar-refractivity contribution in [2.24, 2.45) is 0 Å². The summed E-state index contributed by atoms with van der Waals surface area (Å²) < 4.78 is 5.67. The van der Waals surface area contributed by atoms with Crippen molar-refractivity contribution in [3.8, 4) is 5.75 Å². The van der Waals surface area contributed by atoms with Crippen LogP contribution in [0.25, 0.3) is 10.8 Å². The Morgan fingerprint density at radius 3 is 2.59 bits per heavy atom. The molecule has 0 radical (unpaired) electrons. The molecule has 0 aromatic heterocycles. The van der Waals surface area contributed by atoms with E-state index in [1.807, 2.05) is 56.3 Å². The third-order valence-corrected chi connectivity index (χ3v) is 4.26. The number of carbonyl (C=O) groups excluding carboxylic acids is 1. The van der Waals surface area contributed by atoms with Crippen LogP contribution < -0.4 is 10.2 Å². The van der Waals surface area contributed by atoms with Crippen LogP contribution in [0, 0.1) is 10.1 Å². The molecule has 0 atom stereocenters. The van der Waals surface area contributed by atoms with Gasteiger partial charge in [0.2, 0.25) is 5.91 Å². The fourth-order valence-corrected chi connectivity index (χ4v) is 3.01. The highest BCUT2D eigenvalue weighted by Crippen LogP contribution is 2.26. The highest BCUT2D eigenvalue weighted by molar-refractivity contribution is 5.89. The fourth-order valence-electron chi connectivity index (χ4n) is 3.01. The summed E-state index contributed by atoms with van der Waals surface area (Å²) in [5, 5.41) is 13.1. The van der Waals surface area contributed by atoms with Crippen LogP contribution in [-0.4, -0.2) is 16.9 Å². The number of nitro groups is 1. The zero-order valence-corrected chi connectivity index (χ0v) is 16.3.